The van der Waals surface area contributed by atoms with Crippen molar-refractivity contribution in [2.75, 3.05) is 20.2 Å². The van der Waals surface area contributed by atoms with Gasteiger partial charge in [0.05, 0.1) is 7.11 Å². The van der Waals surface area contributed by atoms with Gasteiger partial charge < -0.3 is 25.0 Å². The number of amides is 1. The molecule has 9 heteroatoms. The van der Waals surface area contributed by atoms with E-state index in [-0.39, 0.29) is 11.8 Å². The molecule has 39 heavy (non-hydrogen) atoms. The number of carboxylic acid groups (broad SMARTS) is 2. The molecule has 1 aliphatic rings. The third-order valence-corrected chi connectivity index (χ3v) is 6.34. The summed E-state index contributed by atoms with van der Waals surface area (Å²) < 4.78 is 11.1. The quantitative estimate of drug-likeness (QED) is 0.353. The van der Waals surface area contributed by atoms with E-state index in [1.54, 1.807) is 7.11 Å². The average molecular weight is 535 g/mol. The molecule has 0 unspecified atom stereocenters. The minimum absolute atomic E-state index is 0.0910. The molecule has 1 aliphatic heterocycles. The van der Waals surface area contributed by atoms with Gasteiger partial charge >= 0.3 is 11.9 Å². The van der Waals surface area contributed by atoms with Crippen molar-refractivity contribution in [1.82, 2.24) is 10.2 Å². The van der Waals surface area contributed by atoms with Crippen molar-refractivity contribution < 1.29 is 34.1 Å². The molecule has 1 fully saturated rings. The van der Waals surface area contributed by atoms with Gasteiger partial charge in [-0.05, 0) is 66.9 Å². The molecule has 1 saturated heterocycles. The molecule has 4 rings (SSSR count). The van der Waals surface area contributed by atoms with Gasteiger partial charge in [0.15, 0.2) is 0 Å². The number of carboxylic acids is 2. The molecule has 0 aliphatic carbocycles. The zero-order valence-electron chi connectivity index (χ0n) is 21.9. The van der Waals surface area contributed by atoms with Crippen molar-refractivity contribution >= 4 is 17.8 Å². The zero-order chi connectivity index (χ0) is 28.0. The Kier molecular flexibility index (Phi) is 11.3. The second kappa shape index (κ2) is 15.1. The van der Waals surface area contributed by atoms with Crippen LogP contribution in [0.1, 0.15) is 29.5 Å². The molecule has 0 atom stereocenters. The van der Waals surface area contributed by atoms with Crippen LogP contribution in [0.4, 0.5) is 0 Å². The van der Waals surface area contributed by atoms with Crippen LogP contribution in [-0.4, -0.2) is 53.2 Å². The molecular weight excluding hydrogens is 500 g/mol. The van der Waals surface area contributed by atoms with Gasteiger partial charge in [0.25, 0.3) is 0 Å². The highest BCUT2D eigenvalue weighted by Crippen LogP contribution is 2.21. The normalized spacial score (nSPS) is 13.5. The number of carbonyl (C=O) groups is 3. The summed E-state index contributed by atoms with van der Waals surface area (Å²) in [6.45, 7) is 3.91. The Balaban J connectivity index is 0.000000631. The highest BCUT2D eigenvalue weighted by molar-refractivity contribution is 6.27. The van der Waals surface area contributed by atoms with Crippen LogP contribution in [-0.2, 0) is 34.1 Å². The van der Waals surface area contributed by atoms with Crippen molar-refractivity contribution in [3.05, 3.63) is 95.6 Å². The highest BCUT2D eigenvalue weighted by Gasteiger charge is 2.24. The van der Waals surface area contributed by atoms with E-state index in [0.29, 0.717) is 13.2 Å². The van der Waals surface area contributed by atoms with Crippen LogP contribution in [0.2, 0.25) is 0 Å². The van der Waals surface area contributed by atoms with Crippen LogP contribution in [0.5, 0.6) is 11.5 Å². The fraction of sp³-hybridized carbons (Fsp3) is 0.300. The Morgan fingerprint density at radius 2 is 1.36 bits per heavy atom. The van der Waals surface area contributed by atoms with Gasteiger partial charge in [0.2, 0.25) is 5.91 Å². The lowest BCUT2D eigenvalue weighted by Gasteiger charge is -2.31. The number of hydrogen-bond acceptors (Lipinski definition) is 6. The molecule has 206 valence electrons. The Hall–Kier alpha value is -4.37. The average Bonchev–Trinajstić information content (AvgIpc) is 2.97. The van der Waals surface area contributed by atoms with Crippen molar-refractivity contribution in [1.29, 1.82) is 0 Å². The lowest BCUT2D eigenvalue weighted by Crippen LogP contribution is -2.40. The summed E-state index contributed by atoms with van der Waals surface area (Å²) in [7, 11) is 1.65. The van der Waals surface area contributed by atoms with Gasteiger partial charge in [0, 0.05) is 19.0 Å². The van der Waals surface area contributed by atoms with Crippen molar-refractivity contribution in [2.45, 2.75) is 32.5 Å². The van der Waals surface area contributed by atoms with Gasteiger partial charge in [-0.2, -0.15) is 0 Å². The van der Waals surface area contributed by atoms with E-state index in [2.05, 4.69) is 34.5 Å². The number of rotatable bonds is 9. The third-order valence-electron chi connectivity index (χ3n) is 6.34. The van der Waals surface area contributed by atoms with Gasteiger partial charge in [-0.3, -0.25) is 9.69 Å². The van der Waals surface area contributed by atoms with E-state index in [4.69, 9.17) is 29.3 Å². The maximum absolute atomic E-state index is 12.6. The predicted octanol–water partition coefficient (Wildman–Crippen LogP) is 3.96. The van der Waals surface area contributed by atoms with Crippen LogP contribution in [0.15, 0.2) is 78.9 Å². The van der Waals surface area contributed by atoms with E-state index < -0.39 is 11.9 Å². The summed E-state index contributed by atoms with van der Waals surface area (Å²) in [4.78, 5) is 33.2. The molecule has 0 bridgehead atoms. The monoisotopic (exact) mass is 534 g/mol. The van der Waals surface area contributed by atoms with Gasteiger partial charge in [0.1, 0.15) is 18.1 Å². The number of hydrogen-bond donors (Lipinski definition) is 3. The Bertz CT molecular complexity index is 1180. The van der Waals surface area contributed by atoms with E-state index in [0.717, 1.165) is 55.1 Å². The number of methoxy groups -OCH3 is 1. The number of ether oxygens (including phenoxy) is 2. The summed E-state index contributed by atoms with van der Waals surface area (Å²) in [5.41, 5.74) is 3.51. The molecule has 1 heterocycles. The first-order valence-electron chi connectivity index (χ1n) is 12.7. The molecule has 0 radical (unpaired) electrons. The topological polar surface area (TPSA) is 125 Å². The van der Waals surface area contributed by atoms with Crippen molar-refractivity contribution in [3.63, 3.8) is 0 Å². The molecule has 1 amide bonds. The fourth-order valence-corrected chi connectivity index (χ4v) is 4.12. The SMILES string of the molecule is COc1ccc(CNC(=O)C2CCN(Cc3ccc(OCc4ccccc4)cc3)CC2)cc1.O=C(O)C(=O)O. The molecule has 0 saturated carbocycles. The molecular formula is C30H34N2O7. The van der Waals surface area contributed by atoms with Crippen LogP contribution in [0.25, 0.3) is 0 Å². The second-order valence-electron chi connectivity index (χ2n) is 9.14. The molecule has 3 N–H and O–H groups in total. The van der Waals surface area contributed by atoms with Crippen LogP contribution < -0.4 is 14.8 Å². The first kappa shape index (κ1) is 29.2. The number of piperidine rings is 1. The molecule has 3 aromatic rings. The largest absolute Gasteiger partial charge is 0.497 e. The van der Waals surface area contributed by atoms with E-state index >= 15 is 0 Å². The minimum atomic E-state index is -1.82. The maximum Gasteiger partial charge on any atom is 0.414 e. The van der Waals surface area contributed by atoms with E-state index in [1.807, 2.05) is 54.6 Å². The fourth-order valence-electron chi connectivity index (χ4n) is 4.12. The van der Waals surface area contributed by atoms with Crippen molar-refractivity contribution in [3.8, 4) is 11.5 Å². The number of carbonyl (C=O) groups excluding carboxylic acids is 1. The van der Waals surface area contributed by atoms with Gasteiger partial charge in [-0.1, -0.05) is 54.6 Å². The third kappa shape index (κ3) is 10.1. The maximum atomic E-state index is 12.6. The summed E-state index contributed by atoms with van der Waals surface area (Å²) >= 11 is 0. The lowest BCUT2D eigenvalue weighted by molar-refractivity contribution is -0.159. The number of nitrogens with zero attached hydrogens (tertiary/aromatic N) is 1. The van der Waals surface area contributed by atoms with Gasteiger partial charge in [-0.25, -0.2) is 9.59 Å². The Morgan fingerprint density at radius 3 is 1.92 bits per heavy atom. The molecule has 0 aromatic heterocycles. The number of likely N-dealkylation sites (tertiary alicyclic amines) is 1. The van der Waals surface area contributed by atoms with E-state index in [9.17, 15) is 4.79 Å². The standard InChI is InChI=1S/C28H32N2O3.C2H2O4/c1-32-26-11-7-22(8-12-26)19-29-28(31)25-15-17-30(18-16-25)20-23-9-13-27(14-10-23)33-21-24-5-3-2-4-6-24;3-1(4)2(5)6/h2-14,25H,15-21H2,1H3,(H,29,31);(H,3,4)(H,5,6). The summed E-state index contributed by atoms with van der Waals surface area (Å²) in [5, 5.41) is 17.9. The van der Waals surface area contributed by atoms with Crippen LogP contribution in [0, 0.1) is 5.92 Å². The highest BCUT2D eigenvalue weighted by atomic mass is 16.5. The molecule has 9 nitrogen and oxygen atoms in total. The van der Waals surface area contributed by atoms with Crippen molar-refractivity contribution in [2.24, 2.45) is 5.92 Å². The first-order valence-corrected chi connectivity index (χ1v) is 12.7. The minimum Gasteiger partial charge on any atom is -0.497 e. The second-order valence-corrected chi connectivity index (χ2v) is 9.14. The van der Waals surface area contributed by atoms with Crippen LogP contribution in [0.3, 0.4) is 0 Å². The summed E-state index contributed by atoms with van der Waals surface area (Å²) in [6, 6.07) is 26.3. The number of aliphatic carboxylic acids is 2. The molecule has 0 spiro atoms. The number of nitrogens with one attached hydrogen (secondary N) is 1. The smallest absolute Gasteiger partial charge is 0.414 e. The molecule has 3 aromatic carbocycles. The Morgan fingerprint density at radius 1 is 0.795 bits per heavy atom. The zero-order valence-corrected chi connectivity index (χ0v) is 21.9. The van der Waals surface area contributed by atoms with Gasteiger partial charge in [-0.15, -0.1) is 0 Å². The summed E-state index contributed by atoms with van der Waals surface area (Å²) in [6.07, 6.45) is 1.79. The lowest BCUT2D eigenvalue weighted by atomic mass is 9.95. The number of benzene rings is 3. The Labute approximate surface area is 228 Å². The van der Waals surface area contributed by atoms with Crippen LogP contribution >= 0.6 is 0 Å². The van der Waals surface area contributed by atoms with E-state index in [1.165, 1.54) is 5.56 Å². The summed E-state index contributed by atoms with van der Waals surface area (Å²) in [5.74, 6) is -1.69. The predicted molar refractivity (Wildman–Crippen MR) is 145 cm³/mol. The first-order chi connectivity index (χ1) is 18.8.